The maximum Gasteiger partial charge on any atom is 0.313 e. The fraction of sp³-hybridized carbons (Fsp3) is 0.250. The molecule has 1 aliphatic rings. The van der Waals surface area contributed by atoms with E-state index in [0.29, 0.717) is 37.6 Å². The first-order chi connectivity index (χ1) is 13.4. The van der Waals surface area contributed by atoms with E-state index in [9.17, 15) is 18.8 Å². The third-order valence-corrected chi connectivity index (χ3v) is 4.42. The molecule has 7 nitrogen and oxygen atoms in total. The van der Waals surface area contributed by atoms with Gasteiger partial charge in [0.2, 0.25) is 5.91 Å². The number of rotatable bonds is 3. The topological polar surface area (TPSA) is 81.8 Å². The minimum Gasteiger partial charge on any atom is -0.368 e. The summed E-state index contributed by atoms with van der Waals surface area (Å²) in [7, 11) is 0. The van der Waals surface area contributed by atoms with Crippen molar-refractivity contribution < 1.29 is 18.8 Å². The van der Waals surface area contributed by atoms with Crippen molar-refractivity contribution in [1.29, 1.82) is 0 Å². The molecule has 0 unspecified atom stereocenters. The van der Waals surface area contributed by atoms with Crippen LogP contribution in [0.5, 0.6) is 0 Å². The zero-order chi connectivity index (χ0) is 20.1. The normalized spacial score (nSPS) is 13.8. The van der Waals surface area contributed by atoms with Crippen molar-refractivity contribution in [3.8, 4) is 0 Å². The monoisotopic (exact) mass is 384 g/mol. The molecule has 0 saturated carbocycles. The Morgan fingerprint density at radius 3 is 1.89 bits per heavy atom. The molecule has 0 radical (unpaired) electrons. The maximum atomic E-state index is 13.0. The highest BCUT2D eigenvalue weighted by atomic mass is 19.1. The average molecular weight is 384 g/mol. The second-order valence-corrected chi connectivity index (χ2v) is 6.47. The van der Waals surface area contributed by atoms with Crippen LogP contribution >= 0.6 is 0 Å². The van der Waals surface area contributed by atoms with Gasteiger partial charge in [-0.1, -0.05) is 0 Å². The minimum atomic E-state index is -0.706. The van der Waals surface area contributed by atoms with Crippen LogP contribution in [-0.2, 0) is 14.4 Å². The first-order valence-electron chi connectivity index (χ1n) is 8.91. The van der Waals surface area contributed by atoms with Gasteiger partial charge in [0.25, 0.3) is 0 Å². The molecule has 2 aromatic carbocycles. The van der Waals surface area contributed by atoms with Crippen molar-refractivity contribution in [3.63, 3.8) is 0 Å². The zero-order valence-electron chi connectivity index (χ0n) is 15.4. The number of carbonyl (C=O) groups is 3. The summed E-state index contributed by atoms with van der Waals surface area (Å²) in [5.41, 5.74) is 1.96. The summed E-state index contributed by atoms with van der Waals surface area (Å²) in [6.45, 7) is 3.35. The van der Waals surface area contributed by atoms with E-state index in [2.05, 4.69) is 10.6 Å². The smallest absolute Gasteiger partial charge is 0.313 e. The fourth-order valence-electron chi connectivity index (χ4n) is 2.99. The summed E-state index contributed by atoms with van der Waals surface area (Å²) >= 11 is 0. The van der Waals surface area contributed by atoms with Gasteiger partial charge in [0.15, 0.2) is 0 Å². The molecule has 0 spiro atoms. The van der Waals surface area contributed by atoms with Crippen LogP contribution < -0.4 is 15.5 Å². The Labute approximate surface area is 162 Å². The molecular formula is C20H21FN4O3. The molecule has 1 aliphatic heterocycles. The predicted octanol–water partition coefficient (Wildman–Crippen LogP) is 2.07. The number of carbonyl (C=O) groups excluding carboxylic acids is 3. The average Bonchev–Trinajstić information content (AvgIpc) is 2.69. The molecule has 0 bridgehead atoms. The lowest BCUT2D eigenvalue weighted by Crippen LogP contribution is -2.51. The molecule has 28 heavy (non-hydrogen) atoms. The predicted molar refractivity (Wildman–Crippen MR) is 105 cm³/mol. The highest BCUT2D eigenvalue weighted by molar-refractivity contribution is 6.39. The van der Waals surface area contributed by atoms with Gasteiger partial charge < -0.3 is 20.4 Å². The van der Waals surface area contributed by atoms with Gasteiger partial charge in [-0.05, 0) is 48.5 Å². The van der Waals surface area contributed by atoms with Crippen molar-refractivity contribution in [2.45, 2.75) is 6.92 Å². The Hall–Kier alpha value is -3.42. The zero-order valence-corrected chi connectivity index (χ0v) is 15.4. The van der Waals surface area contributed by atoms with Gasteiger partial charge in [0.05, 0.1) is 0 Å². The molecule has 0 aliphatic carbocycles. The van der Waals surface area contributed by atoms with Crippen LogP contribution in [0.2, 0.25) is 0 Å². The van der Waals surface area contributed by atoms with Crippen LogP contribution in [0.4, 0.5) is 21.5 Å². The van der Waals surface area contributed by atoms with Gasteiger partial charge in [0, 0.05) is 50.2 Å². The van der Waals surface area contributed by atoms with Crippen LogP contribution in [0.1, 0.15) is 6.92 Å². The van der Waals surface area contributed by atoms with Gasteiger partial charge in [-0.25, -0.2) is 4.39 Å². The molecule has 2 aromatic rings. The summed E-state index contributed by atoms with van der Waals surface area (Å²) in [4.78, 5) is 39.2. The molecule has 146 valence electrons. The van der Waals surface area contributed by atoms with E-state index in [1.165, 1.54) is 24.0 Å². The SMILES string of the molecule is CC(=O)Nc1ccc(NC(=O)C(=O)N2CCN(c3ccc(F)cc3)CC2)cc1. The number of hydrogen-bond acceptors (Lipinski definition) is 4. The minimum absolute atomic E-state index is 0.188. The van der Waals surface area contributed by atoms with Crippen LogP contribution in [0.15, 0.2) is 48.5 Å². The van der Waals surface area contributed by atoms with E-state index in [0.717, 1.165) is 5.69 Å². The number of benzene rings is 2. The van der Waals surface area contributed by atoms with E-state index < -0.39 is 11.8 Å². The number of piperazine rings is 1. The lowest BCUT2D eigenvalue weighted by atomic mass is 10.2. The standard InChI is InChI=1S/C20H21FN4O3/c1-14(26)22-16-4-6-17(7-5-16)23-19(27)20(28)25-12-10-24(11-13-25)18-8-2-15(21)3-9-18/h2-9H,10-13H2,1H3,(H,22,26)(H,23,27). The van der Waals surface area contributed by atoms with Crippen molar-refractivity contribution in [2.75, 3.05) is 41.7 Å². The summed E-state index contributed by atoms with van der Waals surface area (Å²) in [6, 6.07) is 12.7. The van der Waals surface area contributed by atoms with E-state index in [-0.39, 0.29) is 11.7 Å². The Kier molecular flexibility index (Phi) is 5.88. The molecule has 1 fully saturated rings. The van der Waals surface area contributed by atoms with E-state index >= 15 is 0 Å². The molecule has 3 rings (SSSR count). The Morgan fingerprint density at radius 1 is 0.821 bits per heavy atom. The molecule has 3 amide bonds. The third-order valence-electron chi connectivity index (χ3n) is 4.42. The van der Waals surface area contributed by atoms with Gasteiger partial charge in [-0.2, -0.15) is 0 Å². The van der Waals surface area contributed by atoms with Crippen molar-refractivity contribution in [3.05, 3.63) is 54.3 Å². The summed E-state index contributed by atoms with van der Waals surface area (Å²) < 4.78 is 13.0. The largest absolute Gasteiger partial charge is 0.368 e. The van der Waals surface area contributed by atoms with Gasteiger partial charge in [-0.3, -0.25) is 14.4 Å². The number of nitrogens with one attached hydrogen (secondary N) is 2. The molecule has 1 heterocycles. The Balaban J connectivity index is 1.52. The molecule has 0 atom stereocenters. The summed E-state index contributed by atoms with van der Waals surface area (Å²) in [5.74, 6) is -1.78. The van der Waals surface area contributed by atoms with Gasteiger partial charge in [-0.15, -0.1) is 0 Å². The molecule has 8 heteroatoms. The maximum absolute atomic E-state index is 13.0. The molecular weight excluding hydrogens is 363 g/mol. The second kappa shape index (κ2) is 8.51. The highest BCUT2D eigenvalue weighted by Crippen LogP contribution is 2.17. The van der Waals surface area contributed by atoms with Crippen molar-refractivity contribution in [1.82, 2.24) is 4.90 Å². The highest BCUT2D eigenvalue weighted by Gasteiger charge is 2.26. The van der Waals surface area contributed by atoms with Crippen molar-refractivity contribution >= 4 is 34.8 Å². The van der Waals surface area contributed by atoms with E-state index in [4.69, 9.17) is 0 Å². The van der Waals surface area contributed by atoms with Crippen LogP contribution in [-0.4, -0.2) is 48.8 Å². The number of anilines is 3. The fourth-order valence-corrected chi connectivity index (χ4v) is 2.99. The second-order valence-electron chi connectivity index (χ2n) is 6.47. The van der Waals surface area contributed by atoms with E-state index in [1.54, 1.807) is 36.4 Å². The summed E-state index contributed by atoms with van der Waals surface area (Å²) in [6.07, 6.45) is 0. The van der Waals surface area contributed by atoms with E-state index in [1.807, 2.05) is 4.90 Å². The lowest BCUT2D eigenvalue weighted by molar-refractivity contribution is -0.143. The Morgan fingerprint density at radius 2 is 1.36 bits per heavy atom. The third kappa shape index (κ3) is 4.85. The number of amides is 3. The van der Waals surface area contributed by atoms with Crippen molar-refractivity contribution in [2.24, 2.45) is 0 Å². The Bertz CT molecular complexity index is 860. The lowest BCUT2D eigenvalue weighted by Gasteiger charge is -2.35. The number of nitrogens with zero attached hydrogens (tertiary/aromatic N) is 2. The first kappa shape index (κ1) is 19.3. The number of hydrogen-bond donors (Lipinski definition) is 2. The van der Waals surface area contributed by atoms with Crippen LogP contribution in [0, 0.1) is 5.82 Å². The molecule has 2 N–H and O–H groups in total. The summed E-state index contributed by atoms with van der Waals surface area (Å²) in [5, 5.41) is 5.20. The van der Waals surface area contributed by atoms with Crippen LogP contribution in [0.25, 0.3) is 0 Å². The number of halogens is 1. The van der Waals surface area contributed by atoms with Crippen LogP contribution in [0.3, 0.4) is 0 Å². The van der Waals surface area contributed by atoms with Gasteiger partial charge >= 0.3 is 11.8 Å². The van der Waals surface area contributed by atoms with Gasteiger partial charge in [0.1, 0.15) is 5.82 Å². The quantitative estimate of drug-likeness (QED) is 0.794. The molecule has 1 saturated heterocycles. The molecule has 0 aromatic heterocycles. The first-order valence-corrected chi connectivity index (χ1v) is 8.91.